The standard InChI is InChI=1S/C29H34ClF3N4O2/c1-6-8-22(35-26(38)21-13-14-24(23(30)16-21)34-18(3)29(31,32)33)15-19-9-11-20(12-10-19)25-17-37(7-2)27(36-25)28(4,5)39/h9-14,16-17,22,39H,6-8,15H2,1-5H3,(H,35,38)/t22-/m1/s1. The number of benzene rings is 2. The van der Waals surface area contributed by atoms with E-state index in [1.807, 2.05) is 48.9 Å². The van der Waals surface area contributed by atoms with Crippen LogP contribution in [0.3, 0.4) is 0 Å². The van der Waals surface area contributed by atoms with Gasteiger partial charge in [0, 0.05) is 29.9 Å². The van der Waals surface area contributed by atoms with E-state index in [2.05, 4.69) is 15.3 Å². The van der Waals surface area contributed by atoms with Gasteiger partial charge in [-0.15, -0.1) is 0 Å². The van der Waals surface area contributed by atoms with Crippen LogP contribution in [0.25, 0.3) is 11.3 Å². The molecule has 1 heterocycles. The van der Waals surface area contributed by atoms with Crippen molar-refractivity contribution in [1.29, 1.82) is 0 Å². The zero-order valence-corrected chi connectivity index (χ0v) is 23.5. The van der Waals surface area contributed by atoms with Gasteiger partial charge in [0.2, 0.25) is 0 Å². The van der Waals surface area contributed by atoms with E-state index in [1.54, 1.807) is 13.8 Å². The SMILES string of the molecule is CCC[C@H](Cc1ccc(-c2cn(CC)c(C(C)(C)O)n2)cc1)NC(=O)c1ccc(N=C(C)C(F)(F)F)c(Cl)c1. The van der Waals surface area contributed by atoms with Gasteiger partial charge in [-0.3, -0.25) is 4.79 Å². The molecule has 0 radical (unpaired) electrons. The molecule has 0 fully saturated rings. The van der Waals surface area contributed by atoms with Crippen LogP contribution in [0, 0.1) is 0 Å². The van der Waals surface area contributed by atoms with E-state index in [-0.39, 0.29) is 28.2 Å². The molecule has 0 saturated heterocycles. The van der Waals surface area contributed by atoms with Gasteiger partial charge in [0.15, 0.2) is 0 Å². The first-order chi connectivity index (χ1) is 18.2. The number of aliphatic hydroxyl groups is 1. The first-order valence-electron chi connectivity index (χ1n) is 12.8. The summed E-state index contributed by atoms with van der Waals surface area (Å²) < 4.78 is 40.3. The molecule has 2 N–H and O–H groups in total. The minimum absolute atomic E-state index is 0.0351. The maximum absolute atomic E-state index is 12.9. The predicted octanol–water partition coefficient (Wildman–Crippen LogP) is 7.25. The van der Waals surface area contributed by atoms with Crippen LogP contribution in [0.1, 0.15) is 69.2 Å². The Morgan fingerprint density at radius 1 is 1.15 bits per heavy atom. The van der Waals surface area contributed by atoms with E-state index < -0.39 is 17.5 Å². The van der Waals surface area contributed by atoms with Crippen LogP contribution in [0.5, 0.6) is 0 Å². The minimum Gasteiger partial charge on any atom is -0.383 e. The Kier molecular flexibility index (Phi) is 9.61. The molecule has 0 aliphatic rings. The van der Waals surface area contributed by atoms with Gasteiger partial charge in [0.1, 0.15) is 17.1 Å². The predicted molar refractivity (Wildman–Crippen MR) is 149 cm³/mol. The topological polar surface area (TPSA) is 79.5 Å². The molecule has 2 aromatic carbocycles. The van der Waals surface area contributed by atoms with Crippen LogP contribution >= 0.6 is 11.6 Å². The largest absolute Gasteiger partial charge is 0.429 e. The minimum atomic E-state index is -4.55. The summed E-state index contributed by atoms with van der Waals surface area (Å²) in [4.78, 5) is 21.1. The van der Waals surface area contributed by atoms with Crippen molar-refractivity contribution in [2.24, 2.45) is 4.99 Å². The van der Waals surface area contributed by atoms with Crippen molar-refractivity contribution in [1.82, 2.24) is 14.9 Å². The maximum atomic E-state index is 12.9. The van der Waals surface area contributed by atoms with Crippen LogP contribution < -0.4 is 5.32 Å². The molecule has 0 bridgehead atoms. The molecule has 39 heavy (non-hydrogen) atoms. The Hall–Kier alpha value is -3.17. The summed E-state index contributed by atoms with van der Waals surface area (Å²) in [6, 6.07) is 11.8. The monoisotopic (exact) mass is 562 g/mol. The fourth-order valence-electron chi connectivity index (χ4n) is 4.21. The number of aliphatic imine (C=N–C) groups is 1. The number of aryl methyl sites for hydroxylation is 1. The fourth-order valence-corrected chi connectivity index (χ4v) is 4.43. The zero-order valence-electron chi connectivity index (χ0n) is 22.7. The quantitative estimate of drug-likeness (QED) is 0.255. The maximum Gasteiger partial charge on any atom is 0.429 e. The van der Waals surface area contributed by atoms with Crippen LogP contribution in [0.2, 0.25) is 5.02 Å². The Bertz CT molecular complexity index is 1330. The molecule has 10 heteroatoms. The molecule has 0 unspecified atom stereocenters. The van der Waals surface area contributed by atoms with Crippen molar-refractivity contribution in [2.75, 3.05) is 0 Å². The summed E-state index contributed by atoms with van der Waals surface area (Å²) in [7, 11) is 0. The van der Waals surface area contributed by atoms with E-state index in [0.717, 1.165) is 36.6 Å². The van der Waals surface area contributed by atoms with Gasteiger partial charge in [0.05, 0.1) is 16.4 Å². The summed E-state index contributed by atoms with van der Waals surface area (Å²) in [5.74, 6) is 0.240. The summed E-state index contributed by atoms with van der Waals surface area (Å²) in [5, 5.41) is 13.4. The number of imidazole rings is 1. The van der Waals surface area contributed by atoms with E-state index >= 15 is 0 Å². The van der Waals surface area contributed by atoms with Crippen LogP contribution in [-0.2, 0) is 18.6 Å². The number of halogens is 4. The number of amides is 1. The molecular formula is C29H34ClF3N4O2. The van der Waals surface area contributed by atoms with E-state index in [1.165, 1.54) is 18.2 Å². The van der Waals surface area contributed by atoms with Crippen molar-refractivity contribution < 1.29 is 23.1 Å². The molecule has 1 atom stereocenters. The third-order valence-corrected chi connectivity index (χ3v) is 6.58. The van der Waals surface area contributed by atoms with Crippen LogP contribution in [-0.4, -0.2) is 38.5 Å². The van der Waals surface area contributed by atoms with Gasteiger partial charge in [-0.25, -0.2) is 9.98 Å². The van der Waals surface area contributed by atoms with Crippen molar-refractivity contribution in [3.63, 3.8) is 0 Å². The van der Waals surface area contributed by atoms with Crippen LogP contribution in [0.15, 0.2) is 53.7 Å². The van der Waals surface area contributed by atoms with E-state index in [0.29, 0.717) is 18.8 Å². The molecular weight excluding hydrogens is 529 g/mol. The lowest BCUT2D eigenvalue weighted by atomic mass is 10.00. The number of carbonyl (C=O) groups is 1. The van der Waals surface area contributed by atoms with Gasteiger partial charge in [-0.1, -0.05) is 49.2 Å². The number of nitrogens with one attached hydrogen (secondary N) is 1. The highest BCUT2D eigenvalue weighted by molar-refractivity contribution is 6.33. The molecule has 1 aromatic heterocycles. The van der Waals surface area contributed by atoms with Gasteiger partial charge >= 0.3 is 6.18 Å². The highest BCUT2D eigenvalue weighted by atomic mass is 35.5. The van der Waals surface area contributed by atoms with Crippen molar-refractivity contribution >= 4 is 28.9 Å². The second-order valence-electron chi connectivity index (χ2n) is 10.0. The van der Waals surface area contributed by atoms with Gasteiger partial charge in [0.25, 0.3) is 5.91 Å². The Morgan fingerprint density at radius 3 is 2.33 bits per heavy atom. The summed E-state index contributed by atoms with van der Waals surface area (Å²) in [6.45, 7) is 9.00. The number of alkyl halides is 3. The molecule has 0 aliphatic carbocycles. The van der Waals surface area contributed by atoms with E-state index in [4.69, 9.17) is 11.6 Å². The Labute approximate surface area is 231 Å². The normalized spacial score (nSPS) is 13.4. The van der Waals surface area contributed by atoms with Crippen molar-refractivity contribution in [2.45, 2.75) is 78.2 Å². The molecule has 3 rings (SSSR count). The number of rotatable bonds is 10. The third kappa shape index (κ3) is 7.92. The lowest BCUT2D eigenvalue weighted by molar-refractivity contribution is -0.0591. The number of hydrogen-bond acceptors (Lipinski definition) is 4. The number of nitrogens with zero attached hydrogens (tertiary/aromatic N) is 3. The van der Waals surface area contributed by atoms with Gasteiger partial charge < -0.3 is 15.0 Å². The average Bonchev–Trinajstić information content (AvgIpc) is 3.30. The highest BCUT2D eigenvalue weighted by Gasteiger charge is 2.32. The fraction of sp³-hybridized carbons (Fsp3) is 0.414. The molecule has 0 saturated carbocycles. The van der Waals surface area contributed by atoms with Crippen molar-refractivity contribution in [3.8, 4) is 11.3 Å². The highest BCUT2D eigenvalue weighted by Crippen LogP contribution is 2.29. The number of carbonyl (C=O) groups excluding carboxylic acids is 1. The molecule has 210 valence electrons. The molecule has 6 nitrogen and oxygen atoms in total. The lowest BCUT2D eigenvalue weighted by Gasteiger charge is -2.19. The van der Waals surface area contributed by atoms with Gasteiger partial charge in [-0.2, -0.15) is 13.2 Å². The van der Waals surface area contributed by atoms with Crippen molar-refractivity contribution in [3.05, 3.63) is 70.6 Å². The number of aromatic nitrogens is 2. The first kappa shape index (κ1) is 30.4. The third-order valence-electron chi connectivity index (χ3n) is 6.28. The first-order valence-corrected chi connectivity index (χ1v) is 13.2. The zero-order chi connectivity index (χ0) is 29.0. The number of hydrogen-bond donors (Lipinski definition) is 2. The van der Waals surface area contributed by atoms with Crippen LogP contribution in [0.4, 0.5) is 18.9 Å². The summed E-state index contributed by atoms with van der Waals surface area (Å²) >= 11 is 6.13. The Morgan fingerprint density at radius 2 is 1.82 bits per heavy atom. The molecule has 3 aromatic rings. The second-order valence-corrected chi connectivity index (χ2v) is 10.4. The van der Waals surface area contributed by atoms with Gasteiger partial charge in [-0.05, 0) is 64.3 Å². The van der Waals surface area contributed by atoms with E-state index in [9.17, 15) is 23.1 Å². The summed E-state index contributed by atoms with van der Waals surface area (Å²) in [6.07, 6.45) is -0.443. The molecule has 0 spiro atoms. The second kappa shape index (κ2) is 12.3. The average molecular weight is 563 g/mol. The Balaban J connectivity index is 1.72. The summed E-state index contributed by atoms with van der Waals surface area (Å²) in [5.41, 5.74) is 0.840. The molecule has 1 amide bonds. The lowest BCUT2D eigenvalue weighted by Crippen LogP contribution is -2.36. The smallest absolute Gasteiger partial charge is 0.383 e. The molecule has 0 aliphatic heterocycles.